The lowest BCUT2D eigenvalue weighted by molar-refractivity contribution is -0.491. The Bertz CT molecular complexity index is 111. The molecule has 1 aliphatic rings. The molecule has 0 radical (unpaired) electrons. The average molecular weight is 115 g/mol. The number of aliphatic hydroxyl groups is 1. The Hall–Kier alpha value is -0.570. The van der Waals surface area contributed by atoms with E-state index in [2.05, 4.69) is 0 Å². The zero-order chi connectivity index (χ0) is 5.98. The predicted molar refractivity (Wildman–Crippen MR) is 29.8 cm³/mol. The van der Waals surface area contributed by atoms with Gasteiger partial charge in [0.25, 0.3) is 0 Å². The fourth-order valence-electron chi connectivity index (χ4n) is 0.842. The molecule has 0 saturated carbocycles. The van der Waals surface area contributed by atoms with Gasteiger partial charge in [-0.15, -0.1) is 0 Å². The molecule has 0 spiro atoms. The summed E-state index contributed by atoms with van der Waals surface area (Å²) in [4.78, 5) is 0. The third kappa shape index (κ3) is 0.816. The lowest BCUT2D eigenvalue weighted by atomic mass is 10.2. The van der Waals surface area contributed by atoms with Crippen molar-refractivity contribution in [2.45, 2.75) is 18.9 Å². The topological polar surface area (TPSA) is 46.3 Å². The van der Waals surface area contributed by atoms with Crippen molar-refractivity contribution >= 4 is 6.21 Å². The van der Waals surface area contributed by atoms with Gasteiger partial charge in [-0.25, -0.2) is 4.74 Å². The average Bonchev–Trinajstić information content (AvgIpc) is 2.14. The maximum absolute atomic E-state index is 10.5. The first-order valence-electron chi connectivity index (χ1n) is 2.74. The van der Waals surface area contributed by atoms with E-state index in [9.17, 15) is 5.21 Å². The molecule has 0 aromatic heterocycles. The van der Waals surface area contributed by atoms with Crippen LogP contribution in [0.2, 0.25) is 0 Å². The summed E-state index contributed by atoms with van der Waals surface area (Å²) in [5.74, 6) is 0. The van der Waals surface area contributed by atoms with Crippen LogP contribution in [0.1, 0.15) is 12.8 Å². The van der Waals surface area contributed by atoms with Gasteiger partial charge < -0.3 is 10.3 Å². The van der Waals surface area contributed by atoms with E-state index in [4.69, 9.17) is 5.11 Å². The molecule has 1 N–H and O–H groups in total. The third-order valence-corrected chi connectivity index (χ3v) is 1.38. The standard InChI is InChI=1S/C5H9NO2/c7-4-5-2-1-3-6(5)8/h3,5,7H,1-2,4H2/t5-/m0/s1. The van der Waals surface area contributed by atoms with Gasteiger partial charge in [0.2, 0.25) is 0 Å². The summed E-state index contributed by atoms with van der Waals surface area (Å²) in [7, 11) is 0. The zero-order valence-corrected chi connectivity index (χ0v) is 4.58. The van der Waals surface area contributed by atoms with Gasteiger partial charge in [-0.05, 0) is 0 Å². The van der Waals surface area contributed by atoms with Crippen LogP contribution in [0.15, 0.2) is 0 Å². The Morgan fingerprint density at radius 3 is 2.88 bits per heavy atom. The van der Waals surface area contributed by atoms with Crippen LogP contribution in [0.5, 0.6) is 0 Å². The number of nitrogens with zero attached hydrogens (tertiary/aromatic N) is 1. The second-order valence-electron chi connectivity index (χ2n) is 1.96. The van der Waals surface area contributed by atoms with Gasteiger partial charge in [-0.2, -0.15) is 0 Å². The monoisotopic (exact) mass is 115 g/mol. The molecule has 0 unspecified atom stereocenters. The second-order valence-corrected chi connectivity index (χ2v) is 1.96. The van der Waals surface area contributed by atoms with Crippen molar-refractivity contribution in [3.63, 3.8) is 0 Å². The molecule has 3 heteroatoms. The van der Waals surface area contributed by atoms with E-state index in [0.717, 1.165) is 17.6 Å². The molecule has 0 bridgehead atoms. The van der Waals surface area contributed by atoms with Crippen molar-refractivity contribution in [2.75, 3.05) is 6.61 Å². The van der Waals surface area contributed by atoms with Gasteiger partial charge >= 0.3 is 0 Å². The van der Waals surface area contributed by atoms with Crippen LogP contribution in [0.4, 0.5) is 0 Å². The fourth-order valence-corrected chi connectivity index (χ4v) is 0.842. The van der Waals surface area contributed by atoms with E-state index in [1.807, 2.05) is 0 Å². The van der Waals surface area contributed by atoms with E-state index in [1.165, 1.54) is 0 Å². The van der Waals surface area contributed by atoms with Crippen LogP contribution in [-0.2, 0) is 0 Å². The van der Waals surface area contributed by atoms with Gasteiger partial charge in [-0.3, -0.25) is 0 Å². The van der Waals surface area contributed by atoms with Crippen LogP contribution in [0, 0.1) is 5.21 Å². The highest BCUT2D eigenvalue weighted by atomic mass is 16.5. The maximum Gasteiger partial charge on any atom is 0.186 e. The summed E-state index contributed by atoms with van der Waals surface area (Å²) in [6.45, 7) is -0.0139. The van der Waals surface area contributed by atoms with Gasteiger partial charge in [-0.1, -0.05) is 0 Å². The molecule has 1 rings (SSSR count). The molecule has 0 amide bonds. The number of hydrogen-bond acceptors (Lipinski definition) is 2. The first kappa shape index (κ1) is 5.56. The molecule has 0 saturated heterocycles. The summed E-state index contributed by atoms with van der Waals surface area (Å²) in [5, 5.41) is 19.0. The van der Waals surface area contributed by atoms with Gasteiger partial charge in [0.05, 0.1) is 0 Å². The Labute approximate surface area is 47.8 Å². The number of hydrogen-bond donors (Lipinski definition) is 1. The van der Waals surface area contributed by atoms with Crippen LogP contribution in [-0.4, -0.2) is 28.7 Å². The van der Waals surface area contributed by atoms with E-state index in [1.54, 1.807) is 6.21 Å². The largest absolute Gasteiger partial charge is 0.624 e. The van der Waals surface area contributed by atoms with Crippen molar-refractivity contribution in [3.8, 4) is 0 Å². The van der Waals surface area contributed by atoms with Crippen LogP contribution in [0.3, 0.4) is 0 Å². The van der Waals surface area contributed by atoms with E-state index in [-0.39, 0.29) is 12.6 Å². The Morgan fingerprint density at radius 2 is 2.62 bits per heavy atom. The van der Waals surface area contributed by atoms with E-state index in [0.29, 0.717) is 0 Å². The molecule has 0 aliphatic carbocycles. The summed E-state index contributed by atoms with van der Waals surface area (Å²) in [6.07, 6.45) is 3.19. The predicted octanol–water partition coefficient (Wildman–Crippen LogP) is -0.278. The molecule has 1 aliphatic heterocycles. The third-order valence-electron chi connectivity index (χ3n) is 1.38. The normalized spacial score (nSPS) is 28.1. The van der Waals surface area contributed by atoms with Crippen LogP contribution in [0.25, 0.3) is 0 Å². The van der Waals surface area contributed by atoms with Crippen molar-refractivity contribution in [1.29, 1.82) is 0 Å². The Kier molecular flexibility index (Phi) is 1.48. The number of hydroxylamine groups is 1. The SMILES string of the molecule is [O-][N+]1=CCC[C@H]1CO. The summed E-state index contributed by atoms with van der Waals surface area (Å²) < 4.78 is 0.833. The van der Waals surface area contributed by atoms with Gasteiger partial charge in [0.1, 0.15) is 6.61 Å². The minimum absolute atomic E-state index is 0.0139. The minimum atomic E-state index is -0.157. The minimum Gasteiger partial charge on any atom is -0.624 e. The number of aliphatic hydroxyl groups excluding tert-OH is 1. The molecule has 8 heavy (non-hydrogen) atoms. The first-order chi connectivity index (χ1) is 3.84. The molecule has 46 valence electrons. The molecule has 1 heterocycles. The summed E-state index contributed by atoms with van der Waals surface area (Å²) in [6, 6.07) is -0.157. The van der Waals surface area contributed by atoms with Crippen LogP contribution >= 0.6 is 0 Å². The summed E-state index contributed by atoms with van der Waals surface area (Å²) >= 11 is 0. The van der Waals surface area contributed by atoms with Crippen molar-refractivity contribution in [3.05, 3.63) is 5.21 Å². The first-order valence-corrected chi connectivity index (χ1v) is 2.74. The lowest BCUT2D eigenvalue weighted by Crippen LogP contribution is -2.19. The molecule has 0 fully saturated rings. The van der Waals surface area contributed by atoms with Crippen molar-refractivity contribution in [1.82, 2.24) is 0 Å². The molecule has 1 atom stereocenters. The van der Waals surface area contributed by atoms with Gasteiger partial charge in [0.15, 0.2) is 12.3 Å². The quantitative estimate of drug-likeness (QED) is 0.377. The highest BCUT2D eigenvalue weighted by Crippen LogP contribution is 2.05. The highest BCUT2D eigenvalue weighted by Gasteiger charge is 2.19. The Balaban J connectivity index is 2.46. The fraction of sp³-hybridized carbons (Fsp3) is 0.800. The lowest BCUT2D eigenvalue weighted by Gasteiger charge is -2.05. The smallest absolute Gasteiger partial charge is 0.186 e. The summed E-state index contributed by atoms with van der Waals surface area (Å²) in [5.41, 5.74) is 0. The molecular weight excluding hydrogens is 106 g/mol. The van der Waals surface area contributed by atoms with Gasteiger partial charge in [0, 0.05) is 12.8 Å². The maximum atomic E-state index is 10.5. The van der Waals surface area contributed by atoms with E-state index >= 15 is 0 Å². The van der Waals surface area contributed by atoms with E-state index < -0.39 is 0 Å². The highest BCUT2D eigenvalue weighted by molar-refractivity contribution is 5.52. The molecule has 0 aromatic carbocycles. The molecule has 3 nitrogen and oxygen atoms in total. The zero-order valence-electron chi connectivity index (χ0n) is 4.58. The van der Waals surface area contributed by atoms with Crippen molar-refractivity contribution < 1.29 is 9.85 Å². The Morgan fingerprint density at radius 1 is 1.88 bits per heavy atom. The van der Waals surface area contributed by atoms with Crippen LogP contribution < -0.4 is 0 Å². The molecular formula is C5H9NO2. The molecule has 0 aromatic rings. The van der Waals surface area contributed by atoms with Crippen molar-refractivity contribution in [2.24, 2.45) is 0 Å². The second kappa shape index (κ2) is 2.13. The number of rotatable bonds is 1.